The lowest BCUT2D eigenvalue weighted by molar-refractivity contribution is 0.115. The zero-order chi connectivity index (χ0) is 22.6. The first-order chi connectivity index (χ1) is 15.5. The summed E-state index contributed by atoms with van der Waals surface area (Å²) in [6.07, 6.45) is 6.13. The summed E-state index contributed by atoms with van der Waals surface area (Å²) < 4.78 is 1.92. The van der Waals surface area contributed by atoms with Crippen LogP contribution in [0.2, 0.25) is 0 Å². The van der Waals surface area contributed by atoms with Crippen LogP contribution in [0.4, 0.5) is 0 Å². The van der Waals surface area contributed by atoms with Gasteiger partial charge in [0.05, 0.1) is 18.8 Å². The number of aliphatic hydroxyl groups excluding tert-OH is 2. The fourth-order valence-electron chi connectivity index (χ4n) is 3.72. The minimum atomic E-state index is -1.01. The number of rotatable bonds is 8. The van der Waals surface area contributed by atoms with Gasteiger partial charge >= 0.3 is 0 Å². The molecule has 0 amide bonds. The Kier molecular flexibility index (Phi) is 6.82. The monoisotopic (exact) mass is 445 g/mol. The van der Waals surface area contributed by atoms with Crippen LogP contribution in [-0.2, 0) is 12.8 Å². The Balaban J connectivity index is 1.59. The summed E-state index contributed by atoms with van der Waals surface area (Å²) >= 11 is 1.61. The van der Waals surface area contributed by atoms with Gasteiger partial charge in [-0.2, -0.15) is 0 Å². The first-order valence-corrected chi connectivity index (χ1v) is 11.5. The van der Waals surface area contributed by atoms with Gasteiger partial charge in [-0.3, -0.25) is 4.79 Å². The summed E-state index contributed by atoms with van der Waals surface area (Å²) in [6.45, 7) is -0.558. The van der Waals surface area contributed by atoms with Crippen LogP contribution in [0.5, 0.6) is 0 Å². The van der Waals surface area contributed by atoms with Crippen LogP contribution >= 0.6 is 11.3 Å². The number of hydrogen-bond donors (Lipinski definition) is 3. The molecule has 0 saturated carbocycles. The largest absolute Gasteiger partial charge is 0.394 e. The maximum Gasteiger partial charge on any atom is 0.195 e. The molecule has 32 heavy (non-hydrogen) atoms. The minimum Gasteiger partial charge on any atom is -0.394 e. The van der Waals surface area contributed by atoms with Crippen molar-refractivity contribution < 1.29 is 10.2 Å². The average Bonchev–Trinajstić information content (AvgIpc) is 2.83. The second-order valence-electron chi connectivity index (χ2n) is 8.29. The number of aliphatic hydroxyl groups is 2. The van der Waals surface area contributed by atoms with Crippen LogP contribution in [0.15, 0.2) is 77.6 Å². The number of benzene rings is 3. The van der Waals surface area contributed by atoms with Gasteiger partial charge in [0.2, 0.25) is 0 Å². The number of aryl methyl sites for hydroxylation is 1. The second kappa shape index (κ2) is 9.76. The zero-order valence-electron chi connectivity index (χ0n) is 17.8. The molecule has 0 aliphatic heterocycles. The molecule has 0 bridgehead atoms. The van der Waals surface area contributed by atoms with Crippen LogP contribution in [0.25, 0.3) is 26.2 Å². The van der Waals surface area contributed by atoms with Crippen molar-refractivity contribution in [2.45, 2.75) is 24.8 Å². The summed E-state index contributed by atoms with van der Waals surface area (Å²) in [5.41, 5.74) is 8.31. The van der Waals surface area contributed by atoms with E-state index in [1.165, 1.54) is 5.56 Å². The smallest absolute Gasteiger partial charge is 0.195 e. The molecule has 4 aromatic rings. The molecule has 3 aromatic carbocycles. The van der Waals surface area contributed by atoms with E-state index in [0.717, 1.165) is 32.3 Å². The van der Waals surface area contributed by atoms with Crippen molar-refractivity contribution in [3.63, 3.8) is 0 Å². The highest BCUT2D eigenvalue weighted by atomic mass is 32.1. The predicted molar refractivity (Wildman–Crippen MR) is 134 cm³/mol. The Labute approximate surface area is 191 Å². The SMILES string of the molecule is NC(CO)(CO)CCc1ccc2sc3cc(/C=C/Cc4ccccc4)ccc3c(=O)c2c1. The molecule has 5 heteroatoms. The molecule has 1 aromatic heterocycles. The molecule has 0 atom stereocenters. The van der Waals surface area contributed by atoms with Gasteiger partial charge < -0.3 is 15.9 Å². The van der Waals surface area contributed by atoms with Crippen LogP contribution in [-0.4, -0.2) is 29.0 Å². The van der Waals surface area contributed by atoms with E-state index in [0.29, 0.717) is 18.2 Å². The van der Waals surface area contributed by atoms with E-state index in [9.17, 15) is 15.0 Å². The van der Waals surface area contributed by atoms with Crippen LogP contribution < -0.4 is 11.2 Å². The maximum absolute atomic E-state index is 13.1. The van der Waals surface area contributed by atoms with E-state index in [2.05, 4.69) is 30.4 Å². The van der Waals surface area contributed by atoms with E-state index < -0.39 is 5.54 Å². The normalized spacial score (nSPS) is 12.2. The lowest BCUT2D eigenvalue weighted by Crippen LogP contribution is -2.47. The topological polar surface area (TPSA) is 83.6 Å². The molecule has 0 fully saturated rings. The van der Waals surface area contributed by atoms with Crippen LogP contribution in [0, 0.1) is 0 Å². The van der Waals surface area contributed by atoms with Gasteiger partial charge in [-0.05, 0) is 60.2 Å². The maximum atomic E-state index is 13.1. The third kappa shape index (κ3) is 4.97. The van der Waals surface area contributed by atoms with Crippen molar-refractivity contribution in [1.29, 1.82) is 0 Å². The van der Waals surface area contributed by atoms with Crippen molar-refractivity contribution in [2.75, 3.05) is 13.2 Å². The average molecular weight is 446 g/mol. The lowest BCUT2D eigenvalue weighted by atomic mass is 9.93. The molecule has 1 heterocycles. The highest BCUT2D eigenvalue weighted by Gasteiger charge is 2.22. The number of allylic oxidation sites excluding steroid dienone is 1. The van der Waals surface area contributed by atoms with Gasteiger partial charge in [-0.25, -0.2) is 0 Å². The summed E-state index contributed by atoms with van der Waals surface area (Å²) in [4.78, 5) is 13.1. The quantitative estimate of drug-likeness (QED) is 0.354. The molecule has 0 aliphatic carbocycles. The minimum absolute atomic E-state index is 0.0266. The predicted octanol–water partition coefficient (Wildman–Crippen LogP) is 4.29. The molecule has 4 N–H and O–H groups in total. The summed E-state index contributed by atoms with van der Waals surface area (Å²) in [5.74, 6) is 0. The number of fused-ring (bicyclic) bond motifs is 2. The Hall–Kier alpha value is -2.83. The highest BCUT2D eigenvalue weighted by molar-refractivity contribution is 7.24. The van der Waals surface area contributed by atoms with Gasteiger partial charge in [0.1, 0.15) is 0 Å². The molecule has 0 radical (unpaired) electrons. The van der Waals surface area contributed by atoms with Crippen molar-refractivity contribution in [2.24, 2.45) is 5.73 Å². The van der Waals surface area contributed by atoms with E-state index in [1.807, 2.05) is 48.5 Å². The third-order valence-electron chi connectivity index (χ3n) is 5.81. The third-order valence-corrected chi connectivity index (χ3v) is 6.94. The Morgan fingerprint density at radius 1 is 0.875 bits per heavy atom. The molecule has 0 spiro atoms. The summed E-state index contributed by atoms with van der Waals surface area (Å²) in [5, 5.41) is 20.2. The summed E-state index contributed by atoms with van der Waals surface area (Å²) in [7, 11) is 0. The second-order valence-corrected chi connectivity index (χ2v) is 9.37. The Morgan fingerprint density at radius 3 is 2.41 bits per heavy atom. The zero-order valence-corrected chi connectivity index (χ0v) is 18.6. The van der Waals surface area contributed by atoms with Crippen molar-refractivity contribution >= 4 is 37.6 Å². The molecule has 4 nitrogen and oxygen atoms in total. The van der Waals surface area contributed by atoms with Crippen LogP contribution in [0.3, 0.4) is 0 Å². The highest BCUT2D eigenvalue weighted by Crippen LogP contribution is 2.27. The van der Waals surface area contributed by atoms with Gasteiger partial charge in [0.25, 0.3) is 0 Å². The van der Waals surface area contributed by atoms with E-state index in [-0.39, 0.29) is 18.6 Å². The van der Waals surface area contributed by atoms with Crippen molar-refractivity contribution in [1.82, 2.24) is 0 Å². The molecule has 0 unspecified atom stereocenters. The fourth-order valence-corrected chi connectivity index (χ4v) is 4.82. The van der Waals surface area contributed by atoms with Crippen molar-refractivity contribution in [3.8, 4) is 0 Å². The Morgan fingerprint density at radius 2 is 1.66 bits per heavy atom. The number of nitrogens with two attached hydrogens (primary N) is 1. The van der Waals surface area contributed by atoms with Gasteiger partial charge in [0, 0.05) is 20.2 Å². The van der Waals surface area contributed by atoms with Crippen molar-refractivity contribution in [3.05, 3.63) is 99.7 Å². The lowest BCUT2D eigenvalue weighted by Gasteiger charge is -2.24. The van der Waals surface area contributed by atoms with Crippen LogP contribution in [0.1, 0.15) is 23.1 Å². The molecule has 4 rings (SSSR count). The van der Waals surface area contributed by atoms with E-state index in [4.69, 9.17) is 5.73 Å². The van der Waals surface area contributed by atoms with Gasteiger partial charge in [-0.1, -0.05) is 54.6 Å². The van der Waals surface area contributed by atoms with E-state index in [1.54, 1.807) is 11.3 Å². The van der Waals surface area contributed by atoms with E-state index >= 15 is 0 Å². The Bertz CT molecular complexity index is 1310. The molecule has 164 valence electrons. The molecule has 0 aliphatic rings. The standard InChI is InChI=1S/C27H27NO3S/c28-27(17-29,18-30)14-13-21-10-12-24-23(15-21)26(31)22-11-9-20(16-25(22)32-24)8-4-7-19-5-2-1-3-6-19/h1-6,8-12,15-16,29-30H,7,13-14,17-18,28H2/b8-4+. The van der Waals surface area contributed by atoms with Gasteiger partial charge in [0.15, 0.2) is 5.43 Å². The molecule has 0 saturated heterocycles. The first kappa shape index (κ1) is 22.4. The molecular formula is C27H27NO3S. The summed E-state index contributed by atoms with van der Waals surface area (Å²) in [6, 6.07) is 22.2. The number of hydrogen-bond acceptors (Lipinski definition) is 5. The van der Waals surface area contributed by atoms with Gasteiger partial charge in [-0.15, -0.1) is 11.3 Å². The fraction of sp³-hybridized carbons (Fsp3) is 0.222. The first-order valence-electron chi connectivity index (χ1n) is 10.7. The molecular weight excluding hydrogens is 418 g/mol.